The maximum Gasteiger partial charge on any atom is 0.243 e. The van der Waals surface area contributed by atoms with Crippen LogP contribution in [-0.4, -0.2) is 79.1 Å². The average Bonchev–Trinajstić information content (AvgIpc) is 2.84. The Balaban J connectivity index is 1.91. The first-order valence-electron chi connectivity index (χ1n) is 10.5. The second-order valence-corrected chi connectivity index (χ2v) is 11.5. The van der Waals surface area contributed by atoms with E-state index in [0.29, 0.717) is 23.0 Å². The lowest BCUT2D eigenvalue weighted by Crippen LogP contribution is -2.60. The Morgan fingerprint density at radius 2 is 0.941 bits per heavy atom. The zero-order valence-electron chi connectivity index (χ0n) is 20.0. The van der Waals surface area contributed by atoms with Gasteiger partial charge in [0, 0.05) is 37.3 Å². The molecule has 1 aliphatic rings. The standard InChI is InChI=1S/C22H30N2O8S2/c1-15-16(2)24(34(27,28)18-8-10-20(30-4)22(14-18)32-6)12-11-23(15)33(25,26)17-7-9-19(29-3)21(13-17)31-5/h7-10,13-16H,11-12H2,1-6H3/t15-,16+. The van der Waals surface area contributed by atoms with Crippen molar-refractivity contribution in [1.29, 1.82) is 0 Å². The number of hydrogen-bond donors (Lipinski definition) is 0. The first-order chi connectivity index (χ1) is 16.0. The number of hydrogen-bond acceptors (Lipinski definition) is 8. The minimum absolute atomic E-state index is 0.00525. The van der Waals surface area contributed by atoms with Gasteiger partial charge in [-0.1, -0.05) is 0 Å². The summed E-state index contributed by atoms with van der Waals surface area (Å²) < 4.78 is 77.2. The number of piperazine rings is 1. The zero-order valence-corrected chi connectivity index (χ0v) is 21.6. The van der Waals surface area contributed by atoms with Gasteiger partial charge < -0.3 is 18.9 Å². The molecule has 34 heavy (non-hydrogen) atoms. The van der Waals surface area contributed by atoms with Crippen LogP contribution in [0.4, 0.5) is 0 Å². The molecule has 0 radical (unpaired) electrons. The van der Waals surface area contributed by atoms with Gasteiger partial charge in [0.15, 0.2) is 23.0 Å². The highest BCUT2D eigenvalue weighted by atomic mass is 32.2. The summed E-state index contributed by atoms with van der Waals surface area (Å²) in [7, 11) is -2.04. The molecular weight excluding hydrogens is 484 g/mol. The van der Waals surface area contributed by atoms with Crippen LogP contribution in [0.15, 0.2) is 46.2 Å². The highest BCUT2D eigenvalue weighted by Gasteiger charge is 2.43. The first kappa shape index (κ1) is 26.1. The van der Waals surface area contributed by atoms with Crippen molar-refractivity contribution in [2.45, 2.75) is 35.7 Å². The van der Waals surface area contributed by atoms with Crippen molar-refractivity contribution in [2.75, 3.05) is 41.5 Å². The molecule has 1 aliphatic heterocycles. The number of nitrogens with zero attached hydrogens (tertiary/aromatic N) is 2. The van der Waals surface area contributed by atoms with Gasteiger partial charge in [0.25, 0.3) is 0 Å². The normalized spacial score (nSPS) is 20.1. The van der Waals surface area contributed by atoms with E-state index in [-0.39, 0.29) is 22.9 Å². The molecule has 0 amide bonds. The van der Waals surface area contributed by atoms with Gasteiger partial charge >= 0.3 is 0 Å². The van der Waals surface area contributed by atoms with Crippen molar-refractivity contribution < 1.29 is 35.8 Å². The van der Waals surface area contributed by atoms with Gasteiger partial charge in [0.05, 0.1) is 38.2 Å². The largest absolute Gasteiger partial charge is 0.493 e. The molecule has 188 valence electrons. The molecule has 0 aliphatic carbocycles. The van der Waals surface area contributed by atoms with E-state index in [9.17, 15) is 16.8 Å². The zero-order chi connectivity index (χ0) is 25.3. The van der Waals surface area contributed by atoms with Crippen LogP contribution >= 0.6 is 0 Å². The van der Waals surface area contributed by atoms with Gasteiger partial charge in [0.1, 0.15) is 0 Å². The van der Waals surface area contributed by atoms with Crippen molar-refractivity contribution in [3.63, 3.8) is 0 Å². The van der Waals surface area contributed by atoms with E-state index in [1.165, 1.54) is 73.4 Å². The number of sulfonamides is 2. The smallest absolute Gasteiger partial charge is 0.243 e. The second-order valence-electron chi connectivity index (χ2n) is 7.75. The van der Waals surface area contributed by atoms with E-state index in [1.807, 2.05) is 0 Å². The van der Waals surface area contributed by atoms with Crippen LogP contribution in [0, 0.1) is 0 Å². The molecule has 1 heterocycles. The van der Waals surface area contributed by atoms with Crippen LogP contribution < -0.4 is 18.9 Å². The topological polar surface area (TPSA) is 112 Å². The number of ether oxygens (including phenoxy) is 4. The molecule has 12 heteroatoms. The van der Waals surface area contributed by atoms with Gasteiger partial charge in [-0.3, -0.25) is 0 Å². The molecule has 3 rings (SSSR count). The first-order valence-corrected chi connectivity index (χ1v) is 13.4. The highest BCUT2D eigenvalue weighted by Crippen LogP contribution is 2.35. The monoisotopic (exact) mass is 514 g/mol. The Hall–Kier alpha value is -2.54. The van der Waals surface area contributed by atoms with Crippen LogP contribution in [0.5, 0.6) is 23.0 Å². The third-order valence-electron chi connectivity index (χ3n) is 6.07. The maximum absolute atomic E-state index is 13.4. The Morgan fingerprint density at radius 3 is 1.24 bits per heavy atom. The van der Waals surface area contributed by atoms with Crippen LogP contribution in [0.2, 0.25) is 0 Å². The lowest BCUT2D eigenvalue weighted by atomic mass is 10.1. The van der Waals surface area contributed by atoms with E-state index >= 15 is 0 Å². The molecule has 2 aromatic carbocycles. The lowest BCUT2D eigenvalue weighted by molar-refractivity contribution is 0.153. The van der Waals surface area contributed by atoms with Crippen molar-refractivity contribution in [3.8, 4) is 23.0 Å². The van der Waals surface area contributed by atoms with E-state index in [1.54, 1.807) is 13.8 Å². The summed E-state index contributed by atoms with van der Waals surface area (Å²) in [6, 6.07) is 7.50. The summed E-state index contributed by atoms with van der Waals surface area (Å²) in [6.07, 6.45) is 0. The Bertz CT molecular complexity index is 1150. The summed E-state index contributed by atoms with van der Waals surface area (Å²) in [6.45, 7) is 3.38. The third-order valence-corrected chi connectivity index (χ3v) is 10.0. The van der Waals surface area contributed by atoms with E-state index in [2.05, 4.69) is 0 Å². The summed E-state index contributed by atoms with van der Waals surface area (Å²) in [4.78, 5) is 0.0841. The fourth-order valence-electron chi connectivity index (χ4n) is 3.99. The maximum atomic E-state index is 13.4. The van der Waals surface area contributed by atoms with Gasteiger partial charge in [-0.25, -0.2) is 16.8 Å². The third kappa shape index (κ3) is 4.54. The minimum atomic E-state index is -3.92. The van der Waals surface area contributed by atoms with E-state index in [0.717, 1.165) is 0 Å². The predicted molar refractivity (Wildman–Crippen MR) is 126 cm³/mol. The fourth-order valence-corrected chi connectivity index (χ4v) is 7.39. The quantitative estimate of drug-likeness (QED) is 0.527. The lowest BCUT2D eigenvalue weighted by Gasteiger charge is -2.43. The molecule has 2 aromatic rings. The summed E-state index contributed by atoms with van der Waals surface area (Å²) in [5.74, 6) is 1.40. The molecule has 0 bridgehead atoms. The molecular formula is C22H30N2O8S2. The van der Waals surface area contributed by atoms with Gasteiger partial charge in [-0.15, -0.1) is 0 Å². The molecule has 0 saturated carbocycles. The van der Waals surface area contributed by atoms with Crippen molar-refractivity contribution in [2.24, 2.45) is 0 Å². The van der Waals surface area contributed by atoms with Gasteiger partial charge in [-0.05, 0) is 38.1 Å². The number of benzene rings is 2. The molecule has 0 N–H and O–H groups in total. The molecule has 1 saturated heterocycles. The Kier molecular flexibility index (Phi) is 7.65. The average molecular weight is 515 g/mol. The van der Waals surface area contributed by atoms with Crippen LogP contribution in [-0.2, 0) is 20.0 Å². The highest BCUT2D eigenvalue weighted by molar-refractivity contribution is 7.89. The molecule has 10 nitrogen and oxygen atoms in total. The summed E-state index contributed by atoms with van der Waals surface area (Å²) in [5, 5.41) is 0. The SMILES string of the molecule is COc1ccc(S(=O)(=O)N2CCN(S(=O)(=O)c3ccc(OC)c(OC)c3)[C@@H](C)[C@H]2C)cc1OC. The van der Waals surface area contributed by atoms with E-state index < -0.39 is 32.1 Å². The van der Waals surface area contributed by atoms with E-state index in [4.69, 9.17) is 18.9 Å². The molecule has 2 atom stereocenters. The van der Waals surface area contributed by atoms with Crippen molar-refractivity contribution in [3.05, 3.63) is 36.4 Å². The number of methoxy groups -OCH3 is 4. The van der Waals surface area contributed by atoms with Crippen LogP contribution in [0.25, 0.3) is 0 Å². The summed E-state index contributed by atoms with van der Waals surface area (Å²) >= 11 is 0. The minimum Gasteiger partial charge on any atom is -0.493 e. The van der Waals surface area contributed by atoms with Crippen LogP contribution in [0.3, 0.4) is 0 Å². The molecule has 0 unspecified atom stereocenters. The second kappa shape index (κ2) is 9.98. The Labute approximate surface area is 201 Å². The Morgan fingerprint density at radius 1 is 0.618 bits per heavy atom. The number of rotatable bonds is 8. The fraction of sp³-hybridized carbons (Fsp3) is 0.455. The molecule has 0 spiro atoms. The summed E-state index contributed by atoms with van der Waals surface area (Å²) in [5.41, 5.74) is 0. The van der Waals surface area contributed by atoms with Crippen molar-refractivity contribution >= 4 is 20.0 Å². The van der Waals surface area contributed by atoms with Crippen LogP contribution in [0.1, 0.15) is 13.8 Å². The van der Waals surface area contributed by atoms with Gasteiger partial charge in [-0.2, -0.15) is 8.61 Å². The van der Waals surface area contributed by atoms with Crippen molar-refractivity contribution in [1.82, 2.24) is 8.61 Å². The molecule has 0 aromatic heterocycles. The molecule has 1 fully saturated rings. The van der Waals surface area contributed by atoms with Gasteiger partial charge in [0.2, 0.25) is 20.0 Å². The predicted octanol–water partition coefficient (Wildman–Crippen LogP) is 2.19.